The minimum absolute atomic E-state index is 0.0100. The summed E-state index contributed by atoms with van der Waals surface area (Å²) in [5, 5.41) is 1.49. The quantitative estimate of drug-likeness (QED) is 0.291. The Labute approximate surface area is 191 Å². The standard InChI is InChI=1S/C25H27N3O3S/c1-6-27-19-12-11-17(14-20(19)28(7-2)25(27)30)24(29)16(4)32-22-13-15(3)18-9-8-10-21(31-5)23(18)26-22/h8-14,16H,6-7H2,1-5H3. The van der Waals surface area contributed by atoms with Crippen LogP contribution >= 0.6 is 11.8 Å². The Kier molecular flexibility index (Phi) is 6.11. The Morgan fingerprint density at radius 3 is 2.50 bits per heavy atom. The van der Waals surface area contributed by atoms with Crippen molar-refractivity contribution in [3.05, 3.63) is 64.1 Å². The van der Waals surface area contributed by atoms with Crippen LogP contribution in [-0.2, 0) is 13.1 Å². The summed E-state index contributed by atoms with van der Waals surface area (Å²) in [6.45, 7) is 8.98. The first-order valence-corrected chi connectivity index (χ1v) is 11.7. The molecule has 4 rings (SSSR count). The third-order valence-corrected chi connectivity index (χ3v) is 6.83. The van der Waals surface area contributed by atoms with Gasteiger partial charge in [-0.15, -0.1) is 0 Å². The van der Waals surface area contributed by atoms with Gasteiger partial charge in [0.2, 0.25) is 0 Å². The first-order chi connectivity index (χ1) is 15.4. The first-order valence-electron chi connectivity index (χ1n) is 10.8. The number of Topliss-reactive ketones (excluding diaryl/α,β-unsaturated/α-hetero) is 1. The van der Waals surface area contributed by atoms with Crippen LogP contribution in [0, 0.1) is 6.92 Å². The van der Waals surface area contributed by atoms with Gasteiger partial charge in [-0.3, -0.25) is 13.9 Å². The number of pyridine rings is 1. The molecule has 6 nitrogen and oxygen atoms in total. The van der Waals surface area contributed by atoms with E-state index in [1.807, 2.05) is 70.2 Å². The number of aryl methyl sites for hydroxylation is 3. The number of hydrogen-bond acceptors (Lipinski definition) is 5. The number of carbonyl (C=O) groups is 1. The maximum absolute atomic E-state index is 13.3. The van der Waals surface area contributed by atoms with Crippen molar-refractivity contribution in [1.82, 2.24) is 14.1 Å². The normalized spacial score (nSPS) is 12.4. The fourth-order valence-electron chi connectivity index (χ4n) is 4.14. The predicted molar refractivity (Wildman–Crippen MR) is 130 cm³/mol. The zero-order valence-corrected chi connectivity index (χ0v) is 19.8. The highest BCUT2D eigenvalue weighted by atomic mass is 32.2. The zero-order valence-electron chi connectivity index (χ0n) is 19.0. The summed E-state index contributed by atoms with van der Waals surface area (Å²) in [5.41, 5.74) is 4.10. The summed E-state index contributed by atoms with van der Waals surface area (Å²) in [6.07, 6.45) is 0. The lowest BCUT2D eigenvalue weighted by molar-refractivity contribution is 0.0994. The molecule has 0 bridgehead atoms. The van der Waals surface area contributed by atoms with Gasteiger partial charge in [-0.25, -0.2) is 9.78 Å². The van der Waals surface area contributed by atoms with Crippen LogP contribution in [0.15, 0.2) is 52.3 Å². The lowest BCUT2D eigenvalue weighted by Crippen LogP contribution is -2.23. The maximum Gasteiger partial charge on any atom is 0.329 e. The number of rotatable bonds is 7. The second kappa shape index (κ2) is 8.82. The Morgan fingerprint density at radius 1 is 1.09 bits per heavy atom. The average molecular weight is 450 g/mol. The van der Waals surface area contributed by atoms with Crippen LogP contribution < -0.4 is 10.4 Å². The molecule has 7 heteroatoms. The molecular formula is C25H27N3O3S. The van der Waals surface area contributed by atoms with Gasteiger partial charge < -0.3 is 4.74 Å². The van der Waals surface area contributed by atoms with Crippen molar-refractivity contribution >= 4 is 39.5 Å². The molecule has 0 radical (unpaired) electrons. The molecule has 166 valence electrons. The number of ketones is 1. The SMILES string of the molecule is CCn1c(=O)n(CC)c2cc(C(=O)C(C)Sc3cc(C)c4cccc(OC)c4n3)ccc21. The van der Waals surface area contributed by atoms with Crippen LogP contribution in [0.4, 0.5) is 0 Å². The van der Waals surface area contributed by atoms with E-state index in [2.05, 4.69) is 0 Å². The highest BCUT2D eigenvalue weighted by Crippen LogP contribution is 2.32. The van der Waals surface area contributed by atoms with Gasteiger partial charge in [0.1, 0.15) is 11.3 Å². The van der Waals surface area contributed by atoms with Gasteiger partial charge in [0.05, 0.1) is 28.4 Å². The van der Waals surface area contributed by atoms with Gasteiger partial charge in [-0.1, -0.05) is 23.9 Å². The number of para-hydroxylation sites is 1. The van der Waals surface area contributed by atoms with Crippen molar-refractivity contribution < 1.29 is 9.53 Å². The van der Waals surface area contributed by atoms with Gasteiger partial charge in [0.15, 0.2) is 5.78 Å². The van der Waals surface area contributed by atoms with Crippen molar-refractivity contribution in [3.63, 3.8) is 0 Å². The van der Waals surface area contributed by atoms with Crippen molar-refractivity contribution in [2.75, 3.05) is 7.11 Å². The fraction of sp³-hybridized carbons (Fsp3) is 0.320. The molecule has 1 unspecified atom stereocenters. The number of carbonyl (C=O) groups excluding carboxylic acids is 1. The van der Waals surface area contributed by atoms with Crippen LogP contribution in [0.2, 0.25) is 0 Å². The van der Waals surface area contributed by atoms with E-state index in [4.69, 9.17) is 9.72 Å². The van der Waals surface area contributed by atoms with Gasteiger partial charge in [0.25, 0.3) is 0 Å². The number of methoxy groups -OCH3 is 1. The number of thioether (sulfide) groups is 1. The Morgan fingerprint density at radius 2 is 1.81 bits per heavy atom. The van der Waals surface area contributed by atoms with Crippen LogP contribution in [0.3, 0.4) is 0 Å². The van der Waals surface area contributed by atoms with E-state index in [0.717, 1.165) is 38.3 Å². The third-order valence-electron chi connectivity index (χ3n) is 5.81. The molecular weight excluding hydrogens is 422 g/mol. The summed E-state index contributed by atoms with van der Waals surface area (Å²) in [4.78, 5) is 30.6. The minimum atomic E-state index is -0.332. The molecule has 1 atom stereocenters. The van der Waals surface area contributed by atoms with E-state index in [-0.39, 0.29) is 16.7 Å². The molecule has 2 heterocycles. The smallest absolute Gasteiger partial charge is 0.329 e. The largest absolute Gasteiger partial charge is 0.494 e. The van der Waals surface area contributed by atoms with Crippen molar-refractivity contribution in [1.29, 1.82) is 0 Å². The van der Waals surface area contributed by atoms with Crippen LogP contribution in [-0.4, -0.2) is 32.3 Å². The number of imidazole rings is 1. The third kappa shape index (κ3) is 3.71. The fourth-order valence-corrected chi connectivity index (χ4v) is 5.13. The lowest BCUT2D eigenvalue weighted by Gasteiger charge is -2.13. The number of nitrogens with zero attached hydrogens (tertiary/aromatic N) is 3. The van der Waals surface area contributed by atoms with Gasteiger partial charge >= 0.3 is 5.69 Å². The first kappa shape index (κ1) is 22.1. The molecule has 0 spiro atoms. The molecule has 2 aromatic heterocycles. The number of ether oxygens (including phenoxy) is 1. The molecule has 0 aliphatic rings. The Bertz CT molecular complexity index is 1390. The predicted octanol–water partition coefficient (Wildman–Crippen LogP) is 5.07. The van der Waals surface area contributed by atoms with E-state index in [9.17, 15) is 9.59 Å². The lowest BCUT2D eigenvalue weighted by atomic mass is 10.1. The van der Waals surface area contributed by atoms with Gasteiger partial charge in [-0.2, -0.15) is 0 Å². The monoisotopic (exact) mass is 449 g/mol. The van der Waals surface area contributed by atoms with E-state index in [1.54, 1.807) is 16.2 Å². The highest BCUT2D eigenvalue weighted by molar-refractivity contribution is 8.00. The summed E-state index contributed by atoms with van der Waals surface area (Å²) in [7, 11) is 1.63. The molecule has 0 saturated carbocycles. The maximum atomic E-state index is 13.3. The van der Waals surface area contributed by atoms with Crippen LogP contribution in [0.5, 0.6) is 5.75 Å². The zero-order chi connectivity index (χ0) is 23.0. The molecule has 0 amide bonds. The molecule has 0 N–H and O–H groups in total. The Hall–Kier alpha value is -3.06. The second-order valence-corrected chi connectivity index (χ2v) is 9.09. The summed E-state index contributed by atoms with van der Waals surface area (Å²) < 4.78 is 8.93. The van der Waals surface area contributed by atoms with Crippen LogP contribution in [0.25, 0.3) is 21.9 Å². The molecule has 0 aliphatic heterocycles. The van der Waals surface area contributed by atoms with Crippen molar-refractivity contribution in [2.45, 2.75) is 51.1 Å². The summed E-state index contributed by atoms with van der Waals surface area (Å²) in [6, 6.07) is 13.4. The number of hydrogen-bond donors (Lipinski definition) is 0. The molecule has 2 aromatic carbocycles. The van der Waals surface area contributed by atoms with Crippen molar-refractivity contribution in [2.24, 2.45) is 0 Å². The number of benzene rings is 2. The highest BCUT2D eigenvalue weighted by Gasteiger charge is 2.20. The number of aromatic nitrogens is 3. The summed E-state index contributed by atoms with van der Waals surface area (Å²) >= 11 is 1.43. The minimum Gasteiger partial charge on any atom is -0.494 e. The van der Waals surface area contributed by atoms with E-state index in [1.165, 1.54) is 11.8 Å². The number of fused-ring (bicyclic) bond motifs is 2. The van der Waals surface area contributed by atoms with E-state index < -0.39 is 0 Å². The molecule has 0 fully saturated rings. The summed E-state index contributed by atoms with van der Waals surface area (Å²) in [5.74, 6) is 0.728. The van der Waals surface area contributed by atoms with Crippen molar-refractivity contribution in [3.8, 4) is 5.75 Å². The molecule has 0 saturated heterocycles. The second-order valence-electron chi connectivity index (χ2n) is 7.73. The molecule has 0 aliphatic carbocycles. The van der Waals surface area contributed by atoms with E-state index >= 15 is 0 Å². The molecule has 32 heavy (non-hydrogen) atoms. The Balaban J connectivity index is 1.67. The van der Waals surface area contributed by atoms with Gasteiger partial charge in [0, 0.05) is 24.0 Å². The average Bonchev–Trinajstić information content (AvgIpc) is 3.07. The van der Waals surface area contributed by atoms with E-state index in [0.29, 0.717) is 18.7 Å². The van der Waals surface area contributed by atoms with Gasteiger partial charge in [-0.05, 0) is 63.6 Å². The van der Waals surface area contributed by atoms with Crippen LogP contribution in [0.1, 0.15) is 36.7 Å². The topological polar surface area (TPSA) is 66.1 Å². The molecule has 4 aromatic rings.